The van der Waals surface area contributed by atoms with Crippen molar-refractivity contribution in [1.29, 1.82) is 0 Å². The van der Waals surface area contributed by atoms with Gasteiger partial charge < -0.3 is 4.57 Å². The van der Waals surface area contributed by atoms with Crippen LogP contribution >= 0.6 is 34.5 Å². The van der Waals surface area contributed by atoms with Crippen molar-refractivity contribution >= 4 is 50.7 Å². The van der Waals surface area contributed by atoms with Crippen molar-refractivity contribution in [2.45, 2.75) is 6.54 Å². The van der Waals surface area contributed by atoms with Crippen molar-refractivity contribution in [3.05, 3.63) is 62.6 Å². The van der Waals surface area contributed by atoms with Gasteiger partial charge in [-0.15, -0.1) is 6.42 Å². The van der Waals surface area contributed by atoms with Gasteiger partial charge in [0.15, 0.2) is 4.80 Å². The molecule has 0 bridgehead atoms. The second-order valence-electron chi connectivity index (χ2n) is 4.83. The molecule has 0 unspecified atom stereocenters. The summed E-state index contributed by atoms with van der Waals surface area (Å²) in [4.78, 5) is 16.9. The molecule has 24 heavy (non-hydrogen) atoms. The molecule has 0 saturated heterocycles. The molecule has 3 rings (SSSR count). The van der Waals surface area contributed by atoms with Gasteiger partial charge >= 0.3 is 0 Å². The number of amides is 1. The molecule has 1 aromatic heterocycles. The van der Waals surface area contributed by atoms with Crippen molar-refractivity contribution in [3.8, 4) is 12.3 Å². The molecule has 3 nitrogen and oxygen atoms in total. The quantitative estimate of drug-likeness (QED) is 0.603. The molecule has 0 aliphatic rings. The van der Waals surface area contributed by atoms with Crippen LogP contribution < -0.4 is 4.80 Å². The standard InChI is InChI=1S/C17H9Cl2FN2OS/c1-2-7-22-14-6-3-10(18)8-15(14)24-17(22)21-16(23)12-5-4-11(20)9-13(12)19/h1,3-6,8-9H,7H2. The highest BCUT2D eigenvalue weighted by Gasteiger charge is 2.12. The SMILES string of the molecule is C#CCn1c(=NC(=O)c2ccc(F)cc2Cl)sc2cc(Cl)ccc21. The van der Waals surface area contributed by atoms with Crippen LogP contribution in [0.15, 0.2) is 41.4 Å². The molecule has 2 aromatic carbocycles. The van der Waals surface area contributed by atoms with E-state index in [0.717, 1.165) is 22.3 Å². The van der Waals surface area contributed by atoms with Crippen LogP contribution in [0.2, 0.25) is 10.0 Å². The zero-order valence-electron chi connectivity index (χ0n) is 12.1. The summed E-state index contributed by atoms with van der Waals surface area (Å²) < 4.78 is 15.7. The first-order chi connectivity index (χ1) is 11.5. The number of halogens is 3. The van der Waals surface area contributed by atoms with Gasteiger partial charge in [0.05, 0.1) is 27.3 Å². The summed E-state index contributed by atoms with van der Waals surface area (Å²) in [6.07, 6.45) is 5.41. The third-order valence-corrected chi connectivity index (χ3v) is 4.84. The number of hydrogen-bond acceptors (Lipinski definition) is 2. The summed E-state index contributed by atoms with van der Waals surface area (Å²) in [7, 11) is 0. The van der Waals surface area contributed by atoms with Gasteiger partial charge in [-0.05, 0) is 36.4 Å². The molecule has 0 saturated carbocycles. The Morgan fingerprint density at radius 2 is 2.08 bits per heavy atom. The Morgan fingerprint density at radius 3 is 2.79 bits per heavy atom. The number of rotatable bonds is 2. The van der Waals surface area contributed by atoms with E-state index < -0.39 is 11.7 Å². The van der Waals surface area contributed by atoms with Gasteiger partial charge in [0.25, 0.3) is 5.91 Å². The maximum atomic E-state index is 13.1. The average Bonchev–Trinajstić information content (AvgIpc) is 2.84. The maximum Gasteiger partial charge on any atom is 0.281 e. The van der Waals surface area contributed by atoms with Gasteiger partial charge in [-0.3, -0.25) is 4.79 Å². The van der Waals surface area contributed by atoms with Crippen LogP contribution in [-0.2, 0) is 6.54 Å². The number of aromatic nitrogens is 1. The van der Waals surface area contributed by atoms with Crippen LogP contribution in [0.25, 0.3) is 10.2 Å². The average molecular weight is 379 g/mol. The van der Waals surface area contributed by atoms with Gasteiger partial charge in [0.2, 0.25) is 0 Å². The predicted molar refractivity (Wildman–Crippen MR) is 95.0 cm³/mol. The number of nitrogens with zero attached hydrogens (tertiary/aromatic N) is 2. The molecule has 0 atom stereocenters. The lowest BCUT2D eigenvalue weighted by Crippen LogP contribution is -2.16. The van der Waals surface area contributed by atoms with Crippen molar-refractivity contribution in [2.75, 3.05) is 0 Å². The van der Waals surface area contributed by atoms with E-state index in [2.05, 4.69) is 10.9 Å². The molecule has 120 valence electrons. The minimum absolute atomic E-state index is 0.0106. The molecule has 0 radical (unpaired) electrons. The van der Waals surface area contributed by atoms with Crippen molar-refractivity contribution in [3.63, 3.8) is 0 Å². The second-order valence-corrected chi connectivity index (χ2v) is 6.68. The van der Waals surface area contributed by atoms with E-state index in [0.29, 0.717) is 9.82 Å². The normalized spacial score (nSPS) is 11.7. The Balaban J connectivity index is 2.17. The summed E-state index contributed by atoms with van der Waals surface area (Å²) in [5.41, 5.74) is 0.958. The zero-order chi connectivity index (χ0) is 17.3. The lowest BCUT2D eigenvalue weighted by Gasteiger charge is -2.01. The molecular weight excluding hydrogens is 370 g/mol. The molecule has 0 N–H and O–H groups in total. The highest BCUT2D eigenvalue weighted by molar-refractivity contribution is 7.16. The highest BCUT2D eigenvalue weighted by Crippen LogP contribution is 2.22. The van der Waals surface area contributed by atoms with Gasteiger partial charge in [-0.25, -0.2) is 4.39 Å². The summed E-state index contributed by atoms with van der Waals surface area (Å²) in [5.74, 6) is 1.45. The van der Waals surface area contributed by atoms with E-state index in [1.807, 2.05) is 6.07 Å². The van der Waals surface area contributed by atoms with Crippen LogP contribution in [0.5, 0.6) is 0 Å². The zero-order valence-corrected chi connectivity index (χ0v) is 14.4. The van der Waals surface area contributed by atoms with E-state index in [4.69, 9.17) is 29.6 Å². The minimum Gasteiger partial charge on any atom is -0.305 e. The second kappa shape index (κ2) is 6.78. The highest BCUT2D eigenvalue weighted by atomic mass is 35.5. The lowest BCUT2D eigenvalue weighted by atomic mass is 10.2. The molecule has 3 aromatic rings. The fourth-order valence-corrected chi connectivity index (χ4v) is 3.74. The summed E-state index contributed by atoms with van der Waals surface area (Å²) in [5, 5.41) is 0.590. The number of thiazole rings is 1. The van der Waals surface area contributed by atoms with E-state index in [-0.39, 0.29) is 17.1 Å². The van der Waals surface area contributed by atoms with Crippen molar-refractivity contribution in [2.24, 2.45) is 4.99 Å². The fourth-order valence-electron chi connectivity index (χ4n) is 2.19. The number of carbonyl (C=O) groups is 1. The van der Waals surface area contributed by atoms with Gasteiger partial charge in [0, 0.05) is 5.02 Å². The van der Waals surface area contributed by atoms with Gasteiger partial charge in [-0.2, -0.15) is 4.99 Å². The van der Waals surface area contributed by atoms with Crippen LogP contribution in [0.4, 0.5) is 4.39 Å². The predicted octanol–water partition coefficient (Wildman–Crippen LogP) is 4.52. The van der Waals surface area contributed by atoms with Crippen molar-refractivity contribution < 1.29 is 9.18 Å². The van der Waals surface area contributed by atoms with Crippen LogP contribution in [0.3, 0.4) is 0 Å². The fraction of sp³-hybridized carbons (Fsp3) is 0.0588. The topological polar surface area (TPSA) is 34.4 Å². The van der Waals surface area contributed by atoms with Gasteiger partial charge in [0.1, 0.15) is 5.82 Å². The monoisotopic (exact) mass is 378 g/mol. The Labute approximate surface area is 151 Å². The molecular formula is C17H9Cl2FN2OS. The first kappa shape index (κ1) is 16.7. The third kappa shape index (κ3) is 3.22. The molecule has 7 heteroatoms. The number of carbonyl (C=O) groups excluding carboxylic acids is 1. The molecule has 0 spiro atoms. The number of fused-ring (bicyclic) bond motifs is 1. The molecule has 1 heterocycles. The maximum absolute atomic E-state index is 13.1. The van der Waals surface area contributed by atoms with Crippen LogP contribution in [-0.4, -0.2) is 10.5 Å². The Hall–Kier alpha value is -2.13. The molecule has 1 amide bonds. The Kier molecular flexibility index (Phi) is 4.72. The number of benzene rings is 2. The third-order valence-electron chi connectivity index (χ3n) is 3.25. The lowest BCUT2D eigenvalue weighted by molar-refractivity contribution is 0.0998. The smallest absolute Gasteiger partial charge is 0.281 e. The summed E-state index contributed by atoms with van der Waals surface area (Å²) in [6.45, 7) is 0.255. The Morgan fingerprint density at radius 1 is 1.29 bits per heavy atom. The Bertz CT molecular complexity index is 1060. The van der Waals surface area contributed by atoms with E-state index in [1.165, 1.54) is 17.4 Å². The van der Waals surface area contributed by atoms with Crippen molar-refractivity contribution in [1.82, 2.24) is 4.57 Å². The molecule has 0 fully saturated rings. The van der Waals surface area contributed by atoms with E-state index >= 15 is 0 Å². The van der Waals surface area contributed by atoms with Crippen LogP contribution in [0.1, 0.15) is 10.4 Å². The van der Waals surface area contributed by atoms with E-state index in [9.17, 15) is 9.18 Å². The summed E-state index contributed by atoms with van der Waals surface area (Å²) >= 11 is 13.2. The number of hydrogen-bond donors (Lipinski definition) is 0. The van der Waals surface area contributed by atoms with E-state index in [1.54, 1.807) is 16.7 Å². The molecule has 0 aliphatic heterocycles. The van der Waals surface area contributed by atoms with Crippen LogP contribution in [0, 0.1) is 18.2 Å². The largest absolute Gasteiger partial charge is 0.305 e. The molecule has 0 aliphatic carbocycles. The first-order valence-electron chi connectivity index (χ1n) is 6.76. The van der Waals surface area contributed by atoms with Gasteiger partial charge in [-0.1, -0.05) is 40.5 Å². The number of terminal acetylenes is 1. The first-order valence-corrected chi connectivity index (χ1v) is 8.33. The summed E-state index contributed by atoms with van der Waals surface area (Å²) in [6, 6.07) is 8.88. The minimum atomic E-state index is -0.566.